The fraction of sp³-hybridized carbons (Fsp3) is 0.833. The molecule has 0 aromatic heterocycles. The van der Waals surface area contributed by atoms with Crippen molar-refractivity contribution in [3.05, 3.63) is 0 Å². The molecule has 78 valence electrons. The van der Waals surface area contributed by atoms with Crippen molar-refractivity contribution >= 4 is 29.5 Å². The second kappa shape index (κ2) is 5.62. The first-order chi connectivity index (χ1) is 5.95. The molecule has 0 spiro atoms. The number of nitrogens with zero attached hydrogens (tertiary/aromatic N) is 1. The third-order valence-electron chi connectivity index (χ3n) is 1.60. The van der Waals surface area contributed by atoms with Crippen molar-refractivity contribution in [1.82, 2.24) is 3.94 Å². The van der Waals surface area contributed by atoms with E-state index in [-0.39, 0.29) is 10.4 Å². The molecule has 0 saturated carbocycles. The minimum Gasteiger partial charge on any atom is -0.478 e. The molecule has 0 unspecified atom stereocenters. The number of aliphatic hydroxyl groups is 1. The van der Waals surface area contributed by atoms with Gasteiger partial charge in [-0.3, -0.25) is 0 Å². The third kappa shape index (κ3) is 3.66. The van der Waals surface area contributed by atoms with Gasteiger partial charge in [-0.05, 0) is 42.9 Å². The molecule has 0 bridgehead atoms. The maximum absolute atomic E-state index is 10.6. The number of carboxylic acids is 1. The Morgan fingerprint density at radius 2 is 2.00 bits per heavy atom. The summed E-state index contributed by atoms with van der Waals surface area (Å²) >= 11 is 10.4. The zero-order chi connectivity index (χ0) is 10.5. The Morgan fingerprint density at radius 3 is 2.31 bits per heavy atom. The summed E-state index contributed by atoms with van der Waals surface area (Å²) in [5, 5.41) is 18.0. The fourth-order valence-electron chi connectivity index (χ4n) is 0.780. The van der Waals surface area contributed by atoms with Crippen molar-refractivity contribution < 1.29 is 15.0 Å². The monoisotopic (exact) mass is 230 g/mol. The molecule has 7 heteroatoms. The summed E-state index contributed by atoms with van der Waals surface area (Å²) in [6.07, 6.45) is 0.985. The minimum absolute atomic E-state index is 0.0630. The molecule has 0 amide bonds. The number of hydrogen-bond donors (Lipinski definition) is 3. The van der Waals surface area contributed by atoms with Gasteiger partial charge in [0.25, 0.3) is 0 Å². The van der Waals surface area contributed by atoms with E-state index in [0.29, 0.717) is 19.4 Å². The summed E-state index contributed by atoms with van der Waals surface area (Å²) in [5.41, 5.74) is 2.98. The Bertz CT molecular complexity index is 179. The lowest BCUT2D eigenvalue weighted by Crippen LogP contribution is -2.46. The standard InChI is InChI=1S/C6H12Cl2N2O3/c7-10(8)6(13,5(11)12)3-1-2-4-9/h13H,1-4,9H2,(H,11,12)/t6-/m1/s1. The number of nitrogens with two attached hydrogens (primary N) is 1. The summed E-state index contributed by atoms with van der Waals surface area (Å²) in [5.74, 6) is -1.48. The second-order valence-electron chi connectivity index (χ2n) is 2.60. The molecule has 0 radical (unpaired) electrons. The highest BCUT2D eigenvalue weighted by molar-refractivity contribution is 6.35. The van der Waals surface area contributed by atoms with Crippen LogP contribution in [0, 0.1) is 0 Å². The Morgan fingerprint density at radius 1 is 1.46 bits per heavy atom. The molecular formula is C6H12Cl2N2O3. The molecule has 0 aromatic carbocycles. The number of rotatable bonds is 6. The minimum atomic E-state index is -2.22. The molecule has 4 N–H and O–H groups in total. The predicted molar refractivity (Wildman–Crippen MR) is 49.0 cm³/mol. The van der Waals surface area contributed by atoms with Gasteiger partial charge in [-0.25, -0.2) is 4.79 Å². The number of halogens is 2. The Hall–Kier alpha value is -0.0700. The van der Waals surface area contributed by atoms with Gasteiger partial charge in [-0.2, -0.15) is 0 Å². The molecule has 0 heterocycles. The van der Waals surface area contributed by atoms with E-state index in [1.807, 2.05) is 0 Å². The van der Waals surface area contributed by atoms with Crippen LogP contribution in [0.3, 0.4) is 0 Å². The van der Waals surface area contributed by atoms with Crippen LogP contribution in [0.4, 0.5) is 0 Å². The van der Waals surface area contributed by atoms with Gasteiger partial charge in [0.05, 0.1) is 0 Å². The van der Waals surface area contributed by atoms with E-state index in [2.05, 4.69) is 0 Å². The van der Waals surface area contributed by atoms with Gasteiger partial charge in [-0.15, -0.1) is 0 Å². The lowest BCUT2D eigenvalue weighted by molar-refractivity contribution is -0.167. The summed E-state index contributed by atoms with van der Waals surface area (Å²) < 4.78 is 0.242. The molecule has 0 fully saturated rings. The van der Waals surface area contributed by atoms with Gasteiger partial charge in [0, 0.05) is 6.42 Å². The zero-order valence-corrected chi connectivity index (χ0v) is 8.42. The smallest absolute Gasteiger partial charge is 0.353 e. The highest BCUT2D eigenvalue weighted by atomic mass is 35.5. The summed E-state index contributed by atoms with van der Waals surface area (Å²) in [7, 11) is 0. The van der Waals surface area contributed by atoms with E-state index in [0.717, 1.165) is 0 Å². The quantitative estimate of drug-likeness (QED) is 0.352. The Balaban J connectivity index is 4.17. The van der Waals surface area contributed by atoms with E-state index >= 15 is 0 Å². The zero-order valence-electron chi connectivity index (χ0n) is 6.91. The van der Waals surface area contributed by atoms with E-state index in [4.69, 9.17) is 34.4 Å². The van der Waals surface area contributed by atoms with Crippen molar-refractivity contribution in [2.45, 2.75) is 25.0 Å². The summed E-state index contributed by atoms with van der Waals surface area (Å²) in [6.45, 7) is 0.431. The molecule has 0 rings (SSSR count). The number of carbonyl (C=O) groups is 1. The highest BCUT2D eigenvalue weighted by Gasteiger charge is 2.41. The van der Waals surface area contributed by atoms with Crippen molar-refractivity contribution in [1.29, 1.82) is 0 Å². The fourth-order valence-corrected chi connectivity index (χ4v) is 1.09. The number of aliphatic carboxylic acids is 1. The van der Waals surface area contributed by atoms with Crippen LogP contribution in [0.2, 0.25) is 0 Å². The SMILES string of the molecule is NCCCC[C@@](O)(C(=O)O)N(Cl)Cl. The van der Waals surface area contributed by atoms with Crippen LogP contribution >= 0.6 is 23.6 Å². The van der Waals surface area contributed by atoms with Gasteiger partial charge in [0.2, 0.25) is 5.72 Å². The van der Waals surface area contributed by atoms with Crippen LogP contribution < -0.4 is 5.73 Å². The predicted octanol–water partition coefficient (Wildman–Crippen LogP) is 0.498. The average Bonchev–Trinajstić information content (AvgIpc) is 2.03. The molecule has 0 aromatic rings. The van der Waals surface area contributed by atoms with Crippen LogP contribution in [0.5, 0.6) is 0 Å². The highest BCUT2D eigenvalue weighted by Crippen LogP contribution is 2.24. The van der Waals surface area contributed by atoms with E-state index in [1.54, 1.807) is 0 Å². The van der Waals surface area contributed by atoms with Crippen molar-refractivity contribution in [2.24, 2.45) is 5.73 Å². The Kier molecular flexibility index (Phi) is 5.59. The van der Waals surface area contributed by atoms with Gasteiger partial charge >= 0.3 is 5.97 Å². The van der Waals surface area contributed by atoms with Crippen molar-refractivity contribution in [2.75, 3.05) is 6.54 Å². The van der Waals surface area contributed by atoms with Crippen LogP contribution in [-0.2, 0) is 4.79 Å². The second-order valence-corrected chi connectivity index (χ2v) is 3.45. The lowest BCUT2D eigenvalue weighted by Gasteiger charge is -2.25. The van der Waals surface area contributed by atoms with Crippen molar-refractivity contribution in [3.63, 3.8) is 0 Å². The molecule has 0 aliphatic heterocycles. The first-order valence-corrected chi connectivity index (χ1v) is 4.40. The van der Waals surface area contributed by atoms with E-state index in [9.17, 15) is 9.90 Å². The molecule has 13 heavy (non-hydrogen) atoms. The number of hydrogen-bond acceptors (Lipinski definition) is 4. The van der Waals surface area contributed by atoms with Gasteiger partial charge in [0.15, 0.2) is 0 Å². The first-order valence-electron chi connectivity index (χ1n) is 3.72. The lowest BCUT2D eigenvalue weighted by atomic mass is 10.1. The maximum atomic E-state index is 10.6. The van der Waals surface area contributed by atoms with Gasteiger partial charge in [-0.1, -0.05) is 3.94 Å². The molecule has 0 saturated heterocycles. The first kappa shape index (κ1) is 12.9. The molecular weight excluding hydrogens is 219 g/mol. The van der Waals surface area contributed by atoms with E-state index in [1.165, 1.54) is 0 Å². The van der Waals surface area contributed by atoms with Gasteiger partial charge in [0.1, 0.15) is 0 Å². The maximum Gasteiger partial charge on any atom is 0.353 e. The molecule has 0 aliphatic carbocycles. The third-order valence-corrected chi connectivity index (χ3v) is 2.16. The summed E-state index contributed by atoms with van der Waals surface area (Å²) in [4.78, 5) is 10.6. The van der Waals surface area contributed by atoms with Crippen molar-refractivity contribution in [3.8, 4) is 0 Å². The number of carboxylic acid groups (broad SMARTS) is 1. The summed E-state index contributed by atoms with van der Waals surface area (Å²) in [6, 6.07) is 0. The van der Waals surface area contributed by atoms with Crippen LogP contribution in [0.1, 0.15) is 19.3 Å². The van der Waals surface area contributed by atoms with Crippen LogP contribution in [-0.4, -0.2) is 32.4 Å². The topological polar surface area (TPSA) is 86.8 Å². The molecule has 1 atom stereocenters. The van der Waals surface area contributed by atoms with Crippen LogP contribution in [0.15, 0.2) is 0 Å². The van der Waals surface area contributed by atoms with Crippen LogP contribution in [0.25, 0.3) is 0 Å². The Labute approximate surface area is 86.2 Å². The van der Waals surface area contributed by atoms with E-state index < -0.39 is 11.7 Å². The normalized spacial score (nSPS) is 15.8. The largest absolute Gasteiger partial charge is 0.478 e. The molecule has 5 nitrogen and oxygen atoms in total. The number of unbranched alkanes of at least 4 members (excludes halogenated alkanes) is 1. The average molecular weight is 231 g/mol. The van der Waals surface area contributed by atoms with Gasteiger partial charge < -0.3 is 15.9 Å². The molecule has 0 aliphatic rings.